The Morgan fingerprint density at radius 3 is 2.71 bits per heavy atom. The predicted octanol–water partition coefficient (Wildman–Crippen LogP) is 0.810. The van der Waals surface area contributed by atoms with Crippen LogP contribution in [0.4, 0.5) is 4.39 Å². The molecule has 2 N–H and O–H groups in total. The number of aliphatic carboxylic acids is 1. The van der Waals surface area contributed by atoms with Gasteiger partial charge in [0.05, 0.1) is 19.1 Å². The van der Waals surface area contributed by atoms with Crippen LogP contribution in [-0.2, 0) is 14.3 Å². The van der Waals surface area contributed by atoms with Crippen LogP contribution in [0.25, 0.3) is 0 Å². The monoisotopic (exact) mass is 297 g/mol. The average molecular weight is 297 g/mol. The molecule has 1 saturated heterocycles. The van der Waals surface area contributed by atoms with E-state index in [4.69, 9.17) is 14.6 Å². The molecular formula is C14H16FNO5. The third kappa shape index (κ3) is 4.42. The Kier molecular flexibility index (Phi) is 5.10. The maximum Gasteiger partial charge on any atom is 0.346 e. The van der Waals surface area contributed by atoms with Gasteiger partial charge in [-0.2, -0.15) is 0 Å². The van der Waals surface area contributed by atoms with Crippen LogP contribution in [0.15, 0.2) is 24.3 Å². The quantitative estimate of drug-likeness (QED) is 0.811. The van der Waals surface area contributed by atoms with Crippen molar-refractivity contribution in [3.05, 3.63) is 30.1 Å². The first-order chi connectivity index (χ1) is 10.1. The van der Waals surface area contributed by atoms with E-state index in [1.807, 2.05) is 0 Å². The molecule has 21 heavy (non-hydrogen) atoms. The van der Waals surface area contributed by atoms with Crippen molar-refractivity contribution >= 4 is 11.9 Å². The summed E-state index contributed by atoms with van der Waals surface area (Å²) in [6.45, 7) is 0.719. The summed E-state index contributed by atoms with van der Waals surface area (Å²) in [7, 11) is 0. The highest BCUT2D eigenvalue weighted by molar-refractivity contribution is 5.80. The van der Waals surface area contributed by atoms with Crippen molar-refractivity contribution in [3.8, 4) is 5.75 Å². The SMILES string of the molecule is O=C(NCC(Oc1ccc(F)cc1)C(=O)O)C1CCOC1. The number of carbonyl (C=O) groups excluding carboxylic acids is 1. The lowest BCUT2D eigenvalue weighted by Crippen LogP contribution is -2.42. The molecular weight excluding hydrogens is 281 g/mol. The molecule has 0 aliphatic carbocycles. The summed E-state index contributed by atoms with van der Waals surface area (Å²) in [5.41, 5.74) is 0. The number of amides is 1. The number of hydrogen-bond acceptors (Lipinski definition) is 4. The first kappa shape index (κ1) is 15.2. The second kappa shape index (κ2) is 7.03. The molecule has 1 aliphatic heterocycles. The molecule has 0 spiro atoms. The molecule has 6 nitrogen and oxygen atoms in total. The van der Waals surface area contributed by atoms with Crippen LogP contribution in [0.5, 0.6) is 5.75 Å². The van der Waals surface area contributed by atoms with E-state index in [0.29, 0.717) is 19.6 Å². The fraction of sp³-hybridized carbons (Fsp3) is 0.429. The van der Waals surface area contributed by atoms with Gasteiger partial charge in [0.25, 0.3) is 0 Å². The van der Waals surface area contributed by atoms with Gasteiger partial charge in [-0.3, -0.25) is 4.79 Å². The van der Waals surface area contributed by atoms with E-state index in [0.717, 1.165) is 0 Å². The third-order valence-corrected chi connectivity index (χ3v) is 3.13. The largest absolute Gasteiger partial charge is 0.478 e. The van der Waals surface area contributed by atoms with Gasteiger partial charge < -0.3 is 19.9 Å². The maximum atomic E-state index is 12.8. The predicted molar refractivity (Wildman–Crippen MR) is 70.4 cm³/mol. The average Bonchev–Trinajstić information content (AvgIpc) is 2.99. The Hall–Kier alpha value is -2.15. The van der Waals surface area contributed by atoms with Gasteiger partial charge in [-0.05, 0) is 30.7 Å². The van der Waals surface area contributed by atoms with Crippen LogP contribution >= 0.6 is 0 Å². The van der Waals surface area contributed by atoms with Crippen molar-refractivity contribution < 1.29 is 28.6 Å². The highest BCUT2D eigenvalue weighted by atomic mass is 19.1. The Labute approximate surface area is 120 Å². The van der Waals surface area contributed by atoms with Crippen LogP contribution in [0, 0.1) is 11.7 Å². The molecule has 1 heterocycles. The van der Waals surface area contributed by atoms with Crippen molar-refractivity contribution in [2.45, 2.75) is 12.5 Å². The zero-order valence-corrected chi connectivity index (χ0v) is 11.3. The smallest absolute Gasteiger partial charge is 0.346 e. The number of rotatable bonds is 6. The van der Waals surface area contributed by atoms with Crippen LogP contribution in [0.1, 0.15) is 6.42 Å². The van der Waals surface area contributed by atoms with E-state index in [9.17, 15) is 14.0 Å². The number of nitrogens with one attached hydrogen (secondary N) is 1. The zero-order valence-electron chi connectivity index (χ0n) is 11.3. The molecule has 0 saturated carbocycles. The van der Waals surface area contributed by atoms with Crippen molar-refractivity contribution in [3.63, 3.8) is 0 Å². The molecule has 0 bridgehead atoms. The number of benzene rings is 1. The molecule has 114 valence electrons. The van der Waals surface area contributed by atoms with Gasteiger partial charge in [-0.1, -0.05) is 0 Å². The van der Waals surface area contributed by atoms with Gasteiger partial charge in [0.2, 0.25) is 12.0 Å². The fourth-order valence-corrected chi connectivity index (χ4v) is 1.94. The molecule has 2 rings (SSSR count). The standard InChI is InChI=1S/C14H16FNO5/c15-10-1-3-11(4-2-10)21-12(14(18)19)7-16-13(17)9-5-6-20-8-9/h1-4,9,12H,5-8H2,(H,16,17)(H,18,19). The van der Waals surface area contributed by atoms with Gasteiger partial charge in [-0.25, -0.2) is 9.18 Å². The number of carbonyl (C=O) groups is 2. The second-order valence-corrected chi connectivity index (χ2v) is 4.70. The Bertz CT molecular complexity index is 499. The highest BCUT2D eigenvalue weighted by Gasteiger charge is 2.26. The normalized spacial score (nSPS) is 19.0. The number of ether oxygens (including phenoxy) is 2. The lowest BCUT2D eigenvalue weighted by atomic mass is 10.1. The van der Waals surface area contributed by atoms with E-state index in [-0.39, 0.29) is 24.1 Å². The van der Waals surface area contributed by atoms with Gasteiger partial charge in [-0.15, -0.1) is 0 Å². The number of carboxylic acids is 1. The van der Waals surface area contributed by atoms with E-state index < -0.39 is 17.9 Å². The molecule has 1 amide bonds. The first-order valence-electron chi connectivity index (χ1n) is 6.57. The molecule has 1 aromatic rings. The summed E-state index contributed by atoms with van der Waals surface area (Å²) in [6.07, 6.45) is -0.607. The molecule has 1 fully saturated rings. The number of carboxylic acid groups (broad SMARTS) is 1. The summed E-state index contributed by atoms with van der Waals surface area (Å²) < 4.78 is 23.1. The molecule has 0 radical (unpaired) electrons. The summed E-state index contributed by atoms with van der Waals surface area (Å²) in [6, 6.07) is 5.00. The minimum absolute atomic E-state index is 0.165. The maximum absolute atomic E-state index is 12.8. The van der Waals surface area contributed by atoms with Crippen molar-refractivity contribution in [1.29, 1.82) is 0 Å². The Morgan fingerprint density at radius 1 is 1.43 bits per heavy atom. The van der Waals surface area contributed by atoms with Gasteiger partial charge >= 0.3 is 5.97 Å². The van der Waals surface area contributed by atoms with Crippen molar-refractivity contribution in [1.82, 2.24) is 5.32 Å². The topological polar surface area (TPSA) is 84.9 Å². The van der Waals surface area contributed by atoms with Gasteiger partial charge in [0, 0.05) is 6.61 Å². The van der Waals surface area contributed by atoms with Crippen LogP contribution < -0.4 is 10.1 Å². The van der Waals surface area contributed by atoms with Crippen LogP contribution in [0.2, 0.25) is 0 Å². The van der Waals surface area contributed by atoms with E-state index in [1.165, 1.54) is 24.3 Å². The first-order valence-corrected chi connectivity index (χ1v) is 6.57. The van der Waals surface area contributed by atoms with Gasteiger partial charge in [0.1, 0.15) is 11.6 Å². The molecule has 2 atom stereocenters. The lowest BCUT2D eigenvalue weighted by molar-refractivity contribution is -0.145. The summed E-state index contributed by atoms with van der Waals surface area (Å²) in [4.78, 5) is 22.9. The molecule has 7 heteroatoms. The number of hydrogen-bond donors (Lipinski definition) is 2. The summed E-state index contributed by atoms with van der Waals surface area (Å²) >= 11 is 0. The van der Waals surface area contributed by atoms with Crippen LogP contribution in [-0.4, -0.2) is 42.8 Å². The van der Waals surface area contributed by atoms with E-state index in [2.05, 4.69) is 5.32 Å². The molecule has 1 aliphatic rings. The summed E-state index contributed by atoms with van der Waals surface area (Å²) in [5, 5.41) is 11.6. The second-order valence-electron chi connectivity index (χ2n) is 4.70. The third-order valence-electron chi connectivity index (χ3n) is 3.13. The lowest BCUT2D eigenvalue weighted by Gasteiger charge is -2.17. The Balaban J connectivity index is 1.88. The summed E-state index contributed by atoms with van der Waals surface area (Å²) in [5.74, 6) is -1.92. The molecule has 2 unspecified atom stereocenters. The minimum atomic E-state index is -1.23. The van der Waals surface area contributed by atoms with Crippen molar-refractivity contribution in [2.75, 3.05) is 19.8 Å². The van der Waals surface area contributed by atoms with Gasteiger partial charge in [0.15, 0.2) is 0 Å². The van der Waals surface area contributed by atoms with Crippen LogP contribution in [0.3, 0.4) is 0 Å². The van der Waals surface area contributed by atoms with E-state index >= 15 is 0 Å². The minimum Gasteiger partial charge on any atom is -0.478 e. The molecule has 0 aromatic heterocycles. The van der Waals surface area contributed by atoms with E-state index in [1.54, 1.807) is 0 Å². The van der Waals surface area contributed by atoms with Crippen molar-refractivity contribution in [2.24, 2.45) is 5.92 Å². The Morgan fingerprint density at radius 2 is 2.14 bits per heavy atom. The number of halogens is 1. The fourth-order valence-electron chi connectivity index (χ4n) is 1.94. The molecule has 1 aromatic carbocycles. The highest BCUT2D eigenvalue weighted by Crippen LogP contribution is 2.14. The zero-order chi connectivity index (χ0) is 15.2.